The van der Waals surface area contributed by atoms with Gasteiger partial charge >= 0.3 is 0 Å². The lowest BCUT2D eigenvalue weighted by molar-refractivity contribution is -0.758. The Morgan fingerprint density at radius 3 is 2.75 bits per heavy atom. The molecule has 1 heterocycles. The highest BCUT2D eigenvalue weighted by Crippen LogP contribution is 2.54. The molecule has 1 aromatic carbocycles. The zero-order chi connectivity index (χ0) is 20.7. The maximum atomic E-state index is 11.4. The predicted molar refractivity (Wildman–Crippen MR) is 104 cm³/mol. The van der Waals surface area contributed by atoms with Crippen LogP contribution in [0.1, 0.15) is 64.0 Å². The summed E-state index contributed by atoms with van der Waals surface area (Å²) in [6, 6.07) is 5.94. The van der Waals surface area contributed by atoms with Crippen LogP contribution in [0.15, 0.2) is 29.8 Å². The summed E-state index contributed by atoms with van der Waals surface area (Å²) in [5.74, 6) is 0.563. The van der Waals surface area contributed by atoms with Crippen LogP contribution < -0.4 is 4.74 Å². The van der Waals surface area contributed by atoms with E-state index < -0.39 is 16.3 Å². The van der Waals surface area contributed by atoms with E-state index in [0.717, 1.165) is 22.4 Å². The summed E-state index contributed by atoms with van der Waals surface area (Å²) >= 11 is 0. The first-order chi connectivity index (χ1) is 13.0. The number of aliphatic hydroxyl groups is 2. The third-order valence-corrected chi connectivity index (χ3v) is 6.45. The smallest absolute Gasteiger partial charge is 0.294 e. The van der Waals surface area contributed by atoms with E-state index in [0.29, 0.717) is 19.3 Å². The van der Waals surface area contributed by atoms with Gasteiger partial charge in [-0.1, -0.05) is 32.1 Å². The first kappa shape index (κ1) is 20.6. The second-order valence-electron chi connectivity index (χ2n) is 8.96. The fourth-order valence-electron chi connectivity index (χ4n) is 4.33. The molecule has 7 heteroatoms. The first-order valence-electron chi connectivity index (χ1n) is 9.62. The first-order valence-corrected chi connectivity index (χ1v) is 9.62. The average molecular weight is 391 g/mol. The zero-order valence-electron chi connectivity index (χ0n) is 16.9. The summed E-state index contributed by atoms with van der Waals surface area (Å²) in [5, 5.41) is 30.7. The molecular formula is C21H29NO6. The number of fused-ring (bicyclic) bond motifs is 3. The van der Waals surface area contributed by atoms with Crippen molar-refractivity contribution in [3.63, 3.8) is 0 Å². The Morgan fingerprint density at radius 1 is 1.39 bits per heavy atom. The summed E-state index contributed by atoms with van der Waals surface area (Å²) in [6.07, 6.45) is 3.43. The molecule has 0 spiro atoms. The van der Waals surface area contributed by atoms with Crippen LogP contribution in [0.2, 0.25) is 0 Å². The Balaban J connectivity index is 1.94. The van der Waals surface area contributed by atoms with Gasteiger partial charge in [0.25, 0.3) is 5.09 Å². The van der Waals surface area contributed by atoms with E-state index in [2.05, 4.69) is 4.84 Å². The normalized spacial score (nSPS) is 25.8. The van der Waals surface area contributed by atoms with E-state index in [-0.39, 0.29) is 24.5 Å². The van der Waals surface area contributed by atoms with Crippen LogP contribution in [0.3, 0.4) is 0 Å². The highest BCUT2D eigenvalue weighted by atomic mass is 16.9. The molecule has 0 fully saturated rings. The molecule has 28 heavy (non-hydrogen) atoms. The van der Waals surface area contributed by atoms with E-state index >= 15 is 0 Å². The van der Waals surface area contributed by atoms with Crippen LogP contribution in [0.4, 0.5) is 0 Å². The van der Waals surface area contributed by atoms with Crippen molar-refractivity contribution in [2.45, 2.75) is 69.5 Å². The Labute approximate surface area is 165 Å². The number of hydrogen-bond acceptors (Lipinski definition) is 6. The van der Waals surface area contributed by atoms with Gasteiger partial charge in [0.15, 0.2) is 0 Å². The fraction of sp³-hybridized carbons (Fsp3) is 0.619. The van der Waals surface area contributed by atoms with Gasteiger partial charge in [-0.2, -0.15) is 0 Å². The fourth-order valence-corrected chi connectivity index (χ4v) is 4.33. The van der Waals surface area contributed by atoms with Crippen LogP contribution in [0.25, 0.3) is 0 Å². The third-order valence-electron chi connectivity index (χ3n) is 6.45. The van der Waals surface area contributed by atoms with Crippen LogP contribution >= 0.6 is 0 Å². The van der Waals surface area contributed by atoms with Crippen LogP contribution in [0, 0.1) is 10.1 Å². The van der Waals surface area contributed by atoms with E-state index in [9.17, 15) is 20.3 Å². The Morgan fingerprint density at radius 2 is 2.11 bits per heavy atom. The van der Waals surface area contributed by atoms with Crippen LogP contribution in [0.5, 0.6) is 5.75 Å². The van der Waals surface area contributed by atoms with Crippen molar-refractivity contribution in [2.24, 2.45) is 0 Å². The van der Waals surface area contributed by atoms with Gasteiger partial charge in [0.05, 0.1) is 13.2 Å². The standard InChI is InChI=1S/C21H29NO6/c1-19(2,9-10-27-22(25)26)15-5-6-16-17-11-14(13-23)7-8-21(17,24)20(3,4)28-18(16)12-15/h5-7,12,17,23-24H,8-11,13H2,1-4H3/t17-,21-/m1/s1. The average Bonchev–Trinajstić information content (AvgIpc) is 2.60. The van der Waals surface area contributed by atoms with Gasteiger partial charge in [0.2, 0.25) is 0 Å². The van der Waals surface area contributed by atoms with Gasteiger partial charge in [-0.3, -0.25) is 0 Å². The van der Waals surface area contributed by atoms with Crippen LogP contribution in [-0.2, 0) is 10.3 Å². The number of benzene rings is 1. The van der Waals surface area contributed by atoms with Gasteiger partial charge in [-0.25, -0.2) is 0 Å². The van der Waals surface area contributed by atoms with Crippen molar-refractivity contribution in [3.8, 4) is 5.75 Å². The molecule has 7 nitrogen and oxygen atoms in total. The maximum absolute atomic E-state index is 11.4. The van der Waals surface area contributed by atoms with Gasteiger partial charge in [0, 0.05) is 11.5 Å². The highest BCUT2D eigenvalue weighted by molar-refractivity contribution is 5.48. The van der Waals surface area contributed by atoms with E-state index in [1.165, 1.54) is 0 Å². The molecule has 0 radical (unpaired) electrons. The van der Waals surface area contributed by atoms with Crippen molar-refractivity contribution in [2.75, 3.05) is 13.2 Å². The molecular weight excluding hydrogens is 362 g/mol. The zero-order valence-corrected chi connectivity index (χ0v) is 16.9. The molecule has 1 aliphatic heterocycles. The van der Waals surface area contributed by atoms with Crippen molar-refractivity contribution in [1.29, 1.82) is 0 Å². The third kappa shape index (κ3) is 3.49. The number of nitrogens with zero attached hydrogens (tertiary/aromatic N) is 1. The molecule has 1 aromatic rings. The monoisotopic (exact) mass is 391 g/mol. The minimum Gasteiger partial charge on any atom is -0.485 e. The van der Waals surface area contributed by atoms with Gasteiger partial charge < -0.3 is 19.8 Å². The Hall–Kier alpha value is -2.12. The number of aliphatic hydroxyl groups excluding tert-OH is 1. The summed E-state index contributed by atoms with van der Waals surface area (Å²) in [5.41, 5.74) is 0.680. The lowest BCUT2D eigenvalue weighted by Crippen LogP contribution is -2.60. The number of hydrogen-bond donors (Lipinski definition) is 2. The highest BCUT2D eigenvalue weighted by Gasteiger charge is 2.56. The lowest BCUT2D eigenvalue weighted by Gasteiger charge is -2.53. The van der Waals surface area contributed by atoms with Crippen molar-refractivity contribution < 1.29 is 24.9 Å². The minimum absolute atomic E-state index is 0.00917. The summed E-state index contributed by atoms with van der Waals surface area (Å²) < 4.78 is 6.26. The quantitative estimate of drug-likeness (QED) is 0.438. The maximum Gasteiger partial charge on any atom is 0.294 e. The summed E-state index contributed by atoms with van der Waals surface area (Å²) in [6.45, 7) is 7.82. The van der Waals surface area contributed by atoms with Crippen molar-refractivity contribution in [3.05, 3.63) is 51.1 Å². The number of rotatable bonds is 6. The Bertz CT molecular complexity index is 800. The molecule has 0 saturated carbocycles. The van der Waals surface area contributed by atoms with E-state index in [1.54, 1.807) is 0 Å². The molecule has 2 atom stereocenters. The predicted octanol–water partition coefficient (Wildman–Crippen LogP) is 3.26. The minimum atomic E-state index is -1.05. The lowest BCUT2D eigenvalue weighted by atomic mass is 9.63. The molecule has 0 bridgehead atoms. The largest absolute Gasteiger partial charge is 0.485 e. The molecule has 0 unspecified atom stereocenters. The van der Waals surface area contributed by atoms with E-state index in [4.69, 9.17) is 4.74 Å². The summed E-state index contributed by atoms with van der Waals surface area (Å²) in [7, 11) is 0. The van der Waals surface area contributed by atoms with Gasteiger partial charge in [-0.15, -0.1) is 10.1 Å². The van der Waals surface area contributed by atoms with Crippen LogP contribution in [-0.4, -0.2) is 39.7 Å². The second-order valence-corrected chi connectivity index (χ2v) is 8.96. The molecule has 1 aliphatic carbocycles. The molecule has 154 valence electrons. The van der Waals surface area contributed by atoms with Crippen molar-refractivity contribution in [1.82, 2.24) is 0 Å². The molecule has 0 amide bonds. The van der Waals surface area contributed by atoms with Crippen molar-refractivity contribution >= 4 is 0 Å². The topological polar surface area (TPSA) is 102 Å². The molecule has 3 rings (SSSR count). The molecule has 0 saturated heterocycles. The van der Waals surface area contributed by atoms with Gasteiger partial charge in [-0.05, 0) is 55.7 Å². The SMILES string of the molecule is CC(C)(CCO[N+](=O)[O-])c1ccc2c(c1)OC(C)(C)[C@@]1(O)CC=C(CO)C[C@H]21. The molecule has 2 N–H and O–H groups in total. The molecule has 2 aliphatic rings. The second kappa shape index (κ2) is 7.04. The molecule has 0 aromatic heterocycles. The van der Waals surface area contributed by atoms with E-state index in [1.807, 2.05) is 52.0 Å². The Kier molecular flexibility index (Phi) is 5.18. The van der Waals surface area contributed by atoms with Gasteiger partial charge in [0.1, 0.15) is 17.0 Å². The summed E-state index contributed by atoms with van der Waals surface area (Å²) in [4.78, 5) is 14.9. The number of ether oxygens (including phenoxy) is 1.